The number of carbonyl (C=O) groups is 2. The first-order valence-corrected chi connectivity index (χ1v) is 11.5. The number of carbonyl (C=O) groups excluding carboxylic acids is 2. The lowest BCUT2D eigenvalue weighted by Gasteiger charge is -2.34. The van der Waals surface area contributed by atoms with Crippen molar-refractivity contribution in [3.8, 4) is 11.3 Å². The van der Waals surface area contributed by atoms with Crippen molar-refractivity contribution in [2.75, 3.05) is 26.2 Å². The van der Waals surface area contributed by atoms with Gasteiger partial charge in [0.05, 0.1) is 12.2 Å². The normalized spacial score (nSPS) is 14.1. The summed E-state index contributed by atoms with van der Waals surface area (Å²) in [6, 6.07) is 18.5. The molecule has 0 aliphatic carbocycles. The molecule has 1 saturated heterocycles. The molecule has 1 aromatic heterocycles. The van der Waals surface area contributed by atoms with Crippen LogP contribution in [-0.4, -0.2) is 57.6 Å². The Labute approximate surface area is 195 Å². The zero-order chi connectivity index (χ0) is 23.2. The van der Waals surface area contributed by atoms with E-state index < -0.39 is 0 Å². The highest BCUT2D eigenvalue weighted by Crippen LogP contribution is 2.24. The van der Waals surface area contributed by atoms with E-state index in [0.717, 1.165) is 16.8 Å². The van der Waals surface area contributed by atoms with Crippen LogP contribution in [0.3, 0.4) is 0 Å². The van der Waals surface area contributed by atoms with Crippen molar-refractivity contribution in [2.24, 2.45) is 0 Å². The highest BCUT2D eigenvalue weighted by atomic mass is 16.2. The summed E-state index contributed by atoms with van der Waals surface area (Å²) in [5.74, 6) is 0.107. The maximum atomic E-state index is 12.8. The third-order valence-electron chi connectivity index (χ3n) is 5.95. The molecule has 1 fully saturated rings. The molecule has 170 valence electrons. The number of piperazine rings is 1. The van der Waals surface area contributed by atoms with Crippen molar-refractivity contribution >= 4 is 17.9 Å². The molecule has 0 spiro atoms. The second kappa shape index (κ2) is 10.3. The van der Waals surface area contributed by atoms with Crippen molar-refractivity contribution in [1.82, 2.24) is 19.6 Å². The SMILES string of the molecule is CCC(=O)N1CCN(C(=O)/C=C/c2cn(Cc3ccccc3)nc2-c2ccc(C)cc2)CC1. The second-order valence-corrected chi connectivity index (χ2v) is 8.38. The van der Waals surface area contributed by atoms with Crippen molar-refractivity contribution in [2.45, 2.75) is 26.8 Å². The Balaban J connectivity index is 1.53. The number of benzene rings is 2. The Kier molecular flexibility index (Phi) is 7.03. The molecule has 0 atom stereocenters. The lowest BCUT2D eigenvalue weighted by atomic mass is 10.1. The molecular weight excluding hydrogens is 412 g/mol. The monoisotopic (exact) mass is 442 g/mol. The Morgan fingerprint density at radius 3 is 2.27 bits per heavy atom. The number of hydrogen-bond donors (Lipinski definition) is 0. The van der Waals surface area contributed by atoms with Gasteiger partial charge in [-0.05, 0) is 18.6 Å². The molecule has 6 nitrogen and oxygen atoms in total. The van der Waals surface area contributed by atoms with Crippen LogP contribution >= 0.6 is 0 Å². The van der Waals surface area contributed by atoms with Crippen molar-refractivity contribution in [3.63, 3.8) is 0 Å². The largest absolute Gasteiger partial charge is 0.339 e. The molecule has 3 aromatic rings. The van der Waals surface area contributed by atoms with E-state index in [1.165, 1.54) is 11.1 Å². The van der Waals surface area contributed by atoms with Gasteiger partial charge in [0, 0.05) is 56.0 Å². The summed E-state index contributed by atoms with van der Waals surface area (Å²) in [6.07, 6.45) is 5.97. The molecule has 0 saturated carbocycles. The smallest absolute Gasteiger partial charge is 0.246 e. The van der Waals surface area contributed by atoms with Crippen LogP contribution in [0.5, 0.6) is 0 Å². The van der Waals surface area contributed by atoms with E-state index in [4.69, 9.17) is 5.10 Å². The molecule has 33 heavy (non-hydrogen) atoms. The number of hydrogen-bond acceptors (Lipinski definition) is 3. The van der Waals surface area contributed by atoms with Crippen molar-refractivity contribution in [1.29, 1.82) is 0 Å². The van der Waals surface area contributed by atoms with E-state index in [2.05, 4.69) is 43.3 Å². The van der Waals surface area contributed by atoms with Crippen LogP contribution in [0.1, 0.15) is 30.0 Å². The van der Waals surface area contributed by atoms with Gasteiger partial charge in [-0.15, -0.1) is 0 Å². The van der Waals surface area contributed by atoms with Crippen LogP contribution in [0.25, 0.3) is 17.3 Å². The Morgan fingerprint density at radius 1 is 0.939 bits per heavy atom. The Morgan fingerprint density at radius 2 is 1.61 bits per heavy atom. The number of amides is 2. The fraction of sp³-hybridized carbons (Fsp3) is 0.296. The average molecular weight is 443 g/mol. The molecule has 2 amide bonds. The van der Waals surface area contributed by atoms with E-state index in [-0.39, 0.29) is 11.8 Å². The predicted octanol–water partition coefficient (Wildman–Crippen LogP) is 4.00. The van der Waals surface area contributed by atoms with Crippen molar-refractivity contribution < 1.29 is 9.59 Å². The van der Waals surface area contributed by atoms with Crippen molar-refractivity contribution in [3.05, 3.63) is 83.6 Å². The average Bonchev–Trinajstić information content (AvgIpc) is 3.25. The number of aromatic nitrogens is 2. The van der Waals surface area contributed by atoms with Crippen LogP contribution in [0, 0.1) is 6.92 Å². The molecule has 0 radical (unpaired) electrons. The summed E-state index contributed by atoms with van der Waals surface area (Å²) < 4.78 is 1.92. The van der Waals surface area contributed by atoms with Crippen LogP contribution in [0.4, 0.5) is 0 Å². The molecule has 0 N–H and O–H groups in total. The minimum atomic E-state index is -0.0377. The molecule has 2 aromatic carbocycles. The molecule has 0 unspecified atom stereocenters. The van der Waals surface area contributed by atoms with Gasteiger partial charge in [0.15, 0.2) is 0 Å². The highest BCUT2D eigenvalue weighted by Gasteiger charge is 2.22. The summed E-state index contributed by atoms with van der Waals surface area (Å²) >= 11 is 0. The minimum absolute atomic E-state index is 0.0377. The quantitative estimate of drug-likeness (QED) is 0.542. The van der Waals surface area contributed by atoms with E-state index in [0.29, 0.717) is 39.1 Å². The first-order valence-electron chi connectivity index (χ1n) is 11.5. The maximum absolute atomic E-state index is 12.8. The standard InChI is InChI=1S/C27H30N4O2/c1-3-25(32)29-15-17-30(18-16-29)26(33)14-13-24-20-31(19-22-7-5-4-6-8-22)28-27(24)23-11-9-21(2)10-12-23/h4-14,20H,3,15-19H2,1-2H3/b14-13+. The van der Waals surface area contributed by atoms with Crippen LogP contribution in [-0.2, 0) is 16.1 Å². The van der Waals surface area contributed by atoms with Crippen LogP contribution in [0.2, 0.25) is 0 Å². The summed E-state index contributed by atoms with van der Waals surface area (Å²) in [6.45, 7) is 6.90. The zero-order valence-electron chi connectivity index (χ0n) is 19.3. The van der Waals surface area contributed by atoms with Gasteiger partial charge >= 0.3 is 0 Å². The molecule has 4 rings (SSSR count). The summed E-state index contributed by atoms with van der Waals surface area (Å²) in [4.78, 5) is 28.3. The Hall–Kier alpha value is -3.67. The summed E-state index contributed by atoms with van der Waals surface area (Å²) in [7, 11) is 0. The van der Waals surface area contributed by atoms with Gasteiger partial charge in [-0.3, -0.25) is 14.3 Å². The predicted molar refractivity (Wildman–Crippen MR) is 130 cm³/mol. The van der Waals surface area contributed by atoms with Crippen LogP contribution in [0.15, 0.2) is 66.9 Å². The molecule has 6 heteroatoms. The molecule has 1 aliphatic heterocycles. The number of aryl methyl sites for hydroxylation is 1. The summed E-state index contributed by atoms with van der Waals surface area (Å²) in [5.41, 5.74) is 5.14. The molecular formula is C27H30N4O2. The molecule has 0 bridgehead atoms. The molecule has 1 aliphatic rings. The third-order valence-corrected chi connectivity index (χ3v) is 5.95. The van der Waals surface area contributed by atoms with E-state index in [1.807, 2.05) is 47.0 Å². The topological polar surface area (TPSA) is 58.4 Å². The van der Waals surface area contributed by atoms with Crippen LogP contribution < -0.4 is 0 Å². The Bertz CT molecular complexity index is 1120. The minimum Gasteiger partial charge on any atom is -0.339 e. The number of nitrogens with zero attached hydrogens (tertiary/aromatic N) is 4. The zero-order valence-corrected chi connectivity index (χ0v) is 19.3. The van der Waals surface area contributed by atoms with Gasteiger partial charge in [-0.1, -0.05) is 67.1 Å². The van der Waals surface area contributed by atoms with E-state index in [1.54, 1.807) is 11.0 Å². The maximum Gasteiger partial charge on any atom is 0.246 e. The van der Waals surface area contributed by atoms with Gasteiger partial charge in [-0.25, -0.2) is 0 Å². The molecule has 2 heterocycles. The fourth-order valence-electron chi connectivity index (χ4n) is 4.01. The van der Waals surface area contributed by atoms with Gasteiger partial charge in [0.1, 0.15) is 0 Å². The lowest BCUT2D eigenvalue weighted by molar-refractivity contribution is -0.136. The fourth-order valence-corrected chi connectivity index (χ4v) is 4.01. The lowest BCUT2D eigenvalue weighted by Crippen LogP contribution is -2.50. The third kappa shape index (κ3) is 5.58. The van der Waals surface area contributed by atoms with E-state index >= 15 is 0 Å². The van der Waals surface area contributed by atoms with Gasteiger partial charge in [0.2, 0.25) is 11.8 Å². The summed E-state index contributed by atoms with van der Waals surface area (Å²) in [5, 5.41) is 4.83. The highest BCUT2D eigenvalue weighted by molar-refractivity contribution is 5.93. The first-order chi connectivity index (χ1) is 16.0. The number of rotatable bonds is 6. The van der Waals surface area contributed by atoms with E-state index in [9.17, 15) is 9.59 Å². The van der Waals surface area contributed by atoms with Gasteiger partial charge in [-0.2, -0.15) is 5.10 Å². The second-order valence-electron chi connectivity index (χ2n) is 8.38. The first kappa shape index (κ1) is 22.5. The van der Waals surface area contributed by atoms with Gasteiger partial charge < -0.3 is 9.80 Å². The van der Waals surface area contributed by atoms with Gasteiger partial charge in [0.25, 0.3) is 0 Å².